The van der Waals surface area contributed by atoms with Crippen LogP contribution in [0.5, 0.6) is 5.75 Å². The van der Waals surface area contributed by atoms with Gasteiger partial charge >= 0.3 is 0 Å². The third kappa shape index (κ3) is 5.76. The topological polar surface area (TPSA) is 9.23 Å². The third-order valence-electron chi connectivity index (χ3n) is 3.24. The van der Waals surface area contributed by atoms with Gasteiger partial charge in [-0.2, -0.15) is 0 Å². The maximum Gasteiger partial charge on any atom is 0.119 e. The Morgan fingerprint density at radius 2 is 1.59 bits per heavy atom. The number of aryl methyl sites for hydroxylation is 2. The van der Waals surface area contributed by atoms with Gasteiger partial charge < -0.3 is 4.74 Å². The fraction of sp³-hybridized carbons (Fsp3) is 0.625. The second-order valence-electron chi connectivity index (χ2n) is 4.86. The lowest BCUT2D eigenvalue weighted by Crippen LogP contribution is -1.97. The van der Waals surface area contributed by atoms with Gasteiger partial charge in [-0.3, -0.25) is 0 Å². The predicted octanol–water partition coefficient (Wildman–Crippen LogP) is 5.04. The molecule has 0 amide bonds. The van der Waals surface area contributed by atoms with Crippen LogP contribution in [-0.2, 0) is 0 Å². The Morgan fingerprint density at radius 3 is 2.29 bits per heavy atom. The van der Waals surface area contributed by atoms with Gasteiger partial charge in [0.2, 0.25) is 0 Å². The van der Waals surface area contributed by atoms with Crippen LogP contribution < -0.4 is 4.74 Å². The summed E-state index contributed by atoms with van der Waals surface area (Å²) in [6.07, 6.45) is 7.89. The SMILES string of the molecule is CCCCCCCCOc1ccc(C)c(C)c1. The van der Waals surface area contributed by atoms with Gasteiger partial charge in [0.05, 0.1) is 6.61 Å². The lowest BCUT2D eigenvalue weighted by atomic mass is 10.1. The summed E-state index contributed by atoms with van der Waals surface area (Å²) in [4.78, 5) is 0. The number of benzene rings is 1. The van der Waals surface area contributed by atoms with Gasteiger partial charge in [0, 0.05) is 0 Å². The molecule has 1 rings (SSSR count). The molecule has 0 atom stereocenters. The van der Waals surface area contributed by atoms with Gasteiger partial charge in [-0.25, -0.2) is 0 Å². The molecule has 0 aliphatic carbocycles. The molecule has 17 heavy (non-hydrogen) atoms. The zero-order valence-electron chi connectivity index (χ0n) is 11.6. The first kappa shape index (κ1) is 14.1. The summed E-state index contributed by atoms with van der Waals surface area (Å²) in [5.41, 5.74) is 2.64. The molecule has 1 heteroatoms. The smallest absolute Gasteiger partial charge is 0.119 e. The Hall–Kier alpha value is -0.980. The third-order valence-corrected chi connectivity index (χ3v) is 3.24. The van der Waals surface area contributed by atoms with Gasteiger partial charge in [0.25, 0.3) is 0 Å². The van der Waals surface area contributed by atoms with Crippen LogP contribution in [0.4, 0.5) is 0 Å². The van der Waals surface area contributed by atoms with E-state index in [1.807, 2.05) is 0 Å². The molecular weight excluding hydrogens is 208 g/mol. The van der Waals surface area contributed by atoms with Gasteiger partial charge in [0.1, 0.15) is 5.75 Å². The molecule has 0 N–H and O–H groups in total. The summed E-state index contributed by atoms with van der Waals surface area (Å²) in [6.45, 7) is 7.37. The van der Waals surface area contributed by atoms with Crippen LogP contribution in [0.15, 0.2) is 18.2 Å². The van der Waals surface area contributed by atoms with Crippen LogP contribution in [0, 0.1) is 13.8 Å². The van der Waals surface area contributed by atoms with E-state index in [9.17, 15) is 0 Å². The second kappa shape index (κ2) is 8.16. The van der Waals surface area contributed by atoms with Crippen molar-refractivity contribution in [3.8, 4) is 5.75 Å². The highest BCUT2D eigenvalue weighted by atomic mass is 16.5. The lowest BCUT2D eigenvalue weighted by molar-refractivity contribution is 0.304. The largest absolute Gasteiger partial charge is 0.494 e. The summed E-state index contributed by atoms with van der Waals surface area (Å²) in [7, 11) is 0. The normalized spacial score (nSPS) is 10.5. The number of hydrogen-bond donors (Lipinski definition) is 0. The zero-order valence-corrected chi connectivity index (χ0v) is 11.6. The summed E-state index contributed by atoms with van der Waals surface area (Å²) in [6, 6.07) is 6.33. The van der Waals surface area contributed by atoms with E-state index < -0.39 is 0 Å². The van der Waals surface area contributed by atoms with Crippen molar-refractivity contribution in [3.63, 3.8) is 0 Å². The molecule has 0 unspecified atom stereocenters. The van der Waals surface area contributed by atoms with Gasteiger partial charge in [-0.15, -0.1) is 0 Å². The van der Waals surface area contributed by atoms with E-state index in [0.717, 1.165) is 12.4 Å². The van der Waals surface area contributed by atoms with Crippen molar-refractivity contribution in [1.82, 2.24) is 0 Å². The lowest BCUT2D eigenvalue weighted by Gasteiger charge is -2.08. The molecule has 0 fully saturated rings. The quantitative estimate of drug-likeness (QED) is 0.572. The second-order valence-corrected chi connectivity index (χ2v) is 4.86. The van der Waals surface area contributed by atoms with Crippen molar-refractivity contribution < 1.29 is 4.74 Å². The number of hydrogen-bond acceptors (Lipinski definition) is 1. The Labute approximate surface area is 106 Å². The molecular formula is C16H26O. The van der Waals surface area contributed by atoms with E-state index in [1.165, 1.54) is 49.7 Å². The number of ether oxygens (including phenoxy) is 1. The molecule has 0 bridgehead atoms. The highest BCUT2D eigenvalue weighted by Gasteiger charge is 1.97. The van der Waals surface area contributed by atoms with Crippen LogP contribution in [-0.4, -0.2) is 6.61 Å². The minimum Gasteiger partial charge on any atom is -0.494 e. The van der Waals surface area contributed by atoms with Gasteiger partial charge in [-0.05, 0) is 43.5 Å². The highest BCUT2D eigenvalue weighted by Crippen LogP contribution is 2.16. The van der Waals surface area contributed by atoms with E-state index in [4.69, 9.17) is 4.74 Å². The molecule has 0 aliphatic rings. The van der Waals surface area contributed by atoms with E-state index in [1.54, 1.807) is 0 Å². The molecule has 1 aromatic rings. The molecule has 1 aromatic carbocycles. The maximum absolute atomic E-state index is 5.75. The Kier molecular flexibility index (Phi) is 6.76. The molecule has 0 saturated carbocycles. The van der Waals surface area contributed by atoms with Crippen molar-refractivity contribution in [2.75, 3.05) is 6.61 Å². The minimum absolute atomic E-state index is 0.856. The molecule has 0 saturated heterocycles. The van der Waals surface area contributed by atoms with Crippen LogP contribution in [0.1, 0.15) is 56.6 Å². The molecule has 0 spiro atoms. The Bertz CT molecular complexity index is 317. The van der Waals surface area contributed by atoms with Crippen molar-refractivity contribution in [2.24, 2.45) is 0 Å². The van der Waals surface area contributed by atoms with Crippen LogP contribution in [0.3, 0.4) is 0 Å². The average Bonchev–Trinajstić information content (AvgIpc) is 2.32. The standard InChI is InChI=1S/C16H26O/c1-4-5-6-7-8-9-12-17-16-11-10-14(2)15(3)13-16/h10-11,13H,4-9,12H2,1-3H3. The molecule has 0 aromatic heterocycles. The summed E-state index contributed by atoms with van der Waals surface area (Å²) < 4.78 is 5.75. The molecule has 0 radical (unpaired) electrons. The van der Waals surface area contributed by atoms with Crippen LogP contribution >= 0.6 is 0 Å². The fourth-order valence-electron chi connectivity index (χ4n) is 1.88. The van der Waals surface area contributed by atoms with Gasteiger partial charge in [-0.1, -0.05) is 45.1 Å². The summed E-state index contributed by atoms with van der Waals surface area (Å²) >= 11 is 0. The van der Waals surface area contributed by atoms with E-state index >= 15 is 0 Å². The summed E-state index contributed by atoms with van der Waals surface area (Å²) in [5.74, 6) is 1.02. The Balaban J connectivity index is 2.11. The first-order chi connectivity index (χ1) is 8.24. The average molecular weight is 234 g/mol. The zero-order chi connectivity index (χ0) is 12.5. The van der Waals surface area contributed by atoms with Crippen LogP contribution in [0.2, 0.25) is 0 Å². The summed E-state index contributed by atoms with van der Waals surface area (Å²) in [5, 5.41) is 0. The van der Waals surface area contributed by atoms with Crippen LogP contribution in [0.25, 0.3) is 0 Å². The first-order valence-corrected chi connectivity index (χ1v) is 6.94. The number of rotatable bonds is 8. The monoisotopic (exact) mass is 234 g/mol. The van der Waals surface area contributed by atoms with E-state index in [0.29, 0.717) is 0 Å². The molecule has 0 aliphatic heterocycles. The van der Waals surface area contributed by atoms with E-state index in [2.05, 4.69) is 39.0 Å². The van der Waals surface area contributed by atoms with Crippen molar-refractivity contribution >= 4 is 0 Å². The van der Waals surface area contributed by atoms with Gasteiger partial charge in [0.15, 0.2) is 0 Å². The predicted molar refractivity (Wildman–Crippen MR) is 74.8 cm³/mol. The first-order valence-electron chi connectivity index (χ1n) is 6.94. The molecule has 96 valence electrons. The van der Waals surface area contributed by atoms with E-state index in [-0.39, 0.29) is 0 Å². The number of unbranched alkanes of at least 4 members (excludes halogenated alkanes) is 5. The van der Waals surface area contributed by atoms with Crippen molar-refractivity contribution in [3.05, 3.63) is 29.3 Å². The molecule has 0 heterocycles. The Morgan fingerprint density at radius 1 is 0.882 bits per heavy atom. The highest BCUT2D eigenvalue weighted by molar-refractivity contribution is 5.33. The molecule has 1 nitrogen and oxygen atoms in total. The fourth-order valence-corrected chi connectivity index (χ4v) is 1.88. The van der Waals surface area contributed by atoms with Crippen molar-refractivity contribution in [2.45, 2.75) is 59.3 Å². The minimum atomic E-state index is 0.856. The maximum atomic E-state index is 5.75. The van der Waals surface area contributed by atoms with Crippen molar-refractivity contribution in [1.29, 1.82) is 0 Å².